The molecule has 0 heterocycles. The largest absolute Gasteiger partial charge is 0.508 e. The van der Waals surface area contributed by atoms with E-state index in [1.165, 1.54) is 6.07 Å². The molecule has 1 atom stereocenters. The third-order valence-corrected chi connectivity index (χ3v) is 2.44. The standard InChI is InChI=1S/C12H18FNO.ClH/c1-8(2)3-6-12(14)10-5-4-9(15)7-11(10)13;/h4-5,7-8,12,15H,3,6,14H2,1-2H3;1H/t12-;/m0./s1. The van der Waals surface area contributed by atoms with Crippen LogP contribution in [0.4, 0.5) is 4.39 Å². The van der Waals surface area contributed by atoms with E-state index >= 15 is 0 Å². The van der Waals surface area contributed by atoms with Crippen LogP contribution in [0.1, 0.15) is 38.3 Å². The predicted molar refractivity (Wildman–Crippen MR) is 66.3 cm³/mol. The first kappa shape index (κ1) is 15.2. The van der Waals surface area contributed by atoms with Gasteiger partial charge in [-0.1, -0.05) is 19.9 Å². The summed E-state index contributed by atoms with van der Waals surface area (Å²) in [5, 5.41) is 9.06. The summed E-state index contributed by atoms with van der Waals surface area (Å²) in [5.41, 5.74) is 6.35. The molecule has 0 saturated heterocycles. The maximum atomic E-state index is 13.4. The molecule has 0 radical (unpaired) electrons. The number of benzene rings is 1. The van der Waals surface area contributed by atoms with E-state index < -0.39 is 5.82 Å². The van der Waals surface area contributed by atoms with Gasteiger partial charge in [-0.3, -0.25) is 0 Å². The molecule has 4 heteroatoms. The minimum atomic E-state index is -0.425. The maximum absolute atomic E-state index is 13.4. The van der Waals surface area contributed by atoms with Gasteiger partial charge in [0.2, 0.25) is 0 Å². The van der Waals surface area contributed by atoms with Crippen LogP contribution in [-0.2, 0) is 0 Å². The topological polar surface area (TPSA) is 46.2 Å². The zero-order valence-corrected chi connectivity index (χ0v) is 10.4. The number of hydrogen-bond donors (Lipinski definition) is 2. The number of nitrogens with two attached hydrogens (primary N) is 1. The summed E-state index contributed by atoms with van der Waals surface area (Å²) >= 11 is 0. The molecule has 0 fully saturated rings. The van der Waals surface area contributed by atoms with E-state index in [0.717, 1.165) is 18.9 Å². The molecule has 0 unspecified atom stereocenters. The second-order valence-electron chi connectivity index (χ2n) is 4.28. The summed E-state index contributed by atoms with van der Waals surface area (Å²) in [4.78, 5) is 0. The van der Waals surface area contributed by atoms with Crippen LogP contribution >= 0.6 is 12.4 Å². The van der Waals surface area contributed by atoms with Crippen molar-refractivity contribution in [3.63, 3.8) is 0 Å². The van der Waals surface area contributed by atoms with E-state index in [9.17, 15) is 4.39 Å². The van der Waals surface area contributed by atoms with Crippen LogP contribution < -0.4 is 5.73 Å². The lowest BCUT2D eigenvalue weighted by Crippen LogP contribution is -2.12. The number of rotatable bonds is 4. The molecule has 0 aliphatic rings. The van der Waals surface area contributed by atoms with Crippen molar-refractivity contribution in [1.29, 1.82) is 0 Å². The average Bonchev–Trinajstić information content (AvgIpc) is 2.14. The van der Waals surface area contributed by atoms with E-state index in [1.807, 2.05) is 0 Å². The first-order chi connectivity index (χ1) is 7.00. The highest BCUT2D eigenvalue weighted by molar-refractivity contribution is 5.85. The van der Waals surface area contributed by atoms with Gasteiger partial charge in [0.1, 0.15) is 11.6 Å². The normalized spacial score (nSPS) is 12.3. The molecule has 2 nitrogen and oxygen atoms in total. The Morgan fingerprint density at radius 2 is 1.94 bits per heavy atom. The van der Waals surface area contributed by atoms with Gasteiger partial charge in [0.15, 0.2) is 0 Å². The van der Waals surface area contributed by atoms with Gasteiger partial charge in [0, 0.05) is 17.7 Å². The Kier molecular flexibility index (Phi) is 6.38. The summed E-state index contributed by atoms with van der Waals surface area (Å²) in [6.07, 6.45) is 1.74. The van der Waals surface area contributed by atoms with Gasteiger partial charge < -0.3 is 10.8 Å². The molecule has 16 heavy (non-hydrogen) atoms. The van der Waals surface area contributed by atoms with Gasteiger partial charge in [0.05, 0.1) is 0 Å². The van der Waals surface area contributed by atoms with Gasteiger partial charge in [-0.25, -0.2) is 4.39 Å². The molecular formula is C12H19ClFNO. The lowest BCUT2D eigenvalue weighted by atomic mass is 9.98. The zero-order valence-electron chi connectivity index (χ0n) is 9.61. The lowest BCUT2D eigenvalue weighted by molar-refractivity contribution is 0.461. The zero-order chi connectivity index (χ0) is 11.4. The monoisotopic (exact) mass is 247 g/mol. The minimum Gasteiger partial charge on any atom is -0.508 e. The van der Waals surface area contributed by atoms with Crippen LogP contribution in [-0.4, -0.2) is 5.11 Å². The van der Waals surface area contributed by atoms with Crippen molar-refractivity contribution < 1.29 is 9.50 Å². The maximum Gasteiger partial charge on any atom is 0.131 e. The SMILES string of the molecule is CC(C)CC[C@H](N)c1ccc(O)cc1F.Cl. The molecule has 0 aliphatic heterocycles. The first-order valence-corrected chi connectivity index (χ1v) is 5.24. The van der Waals surface area contributed by atoms with Crippen LogP contribution in [0.5, 0.6) is 5.75 Å². The van der Waals surface area contributed by atoms with E-state index in [0.29, 0.717) is 11.5 Å². The summed E-state index contributed by atoms with van der Waals surface area (Å²) < 4.78 is 13.4. The van der Waals surface area contributed by atoms with E-state index in [-0.39, 0.29) is 24.2 Å². The van der Waals surface area contributed by atoms with Gasteiger partial charge in [-0.05, 0) is 24.8 Å². The van der Waals surface area contributed by atoms with Crippen LogP contribution in [0.2, 0.25) is 0 Å². The molecule has 1 aromatic carbocycles. The molecule has 1 rings (SSSR count). The number of halogens is 2. The van der Waals surface area contributed by atoms with Gasteiger partial charge in [-0.2, -0.15) is 0 Å². The fraction of sp³-hybridized carbons (Fsp3) is 0.500. The Balaban J connectivity index is 0.00000225. The number of aromatic hydroxyl groups is 1. The predicted octanol–water partition coefficient (Wildman–Crippen LogP) is 3.39. The Labute approximate surface area is 102 Å². The fourth-order valence-corrected chi connectivity index (χ4v) is 1.49. The summed E-state index contributed by atoms with van der Waals surface area (Å²) in [5.74, 6) is 0.0785. The quantitative estimate of drug-likeness (QED) is 0.857. The van der Waals surface area contributed by atoms with Crippen molar-refractivity contribution in [2.45, 2.75) is 32.7 Å². The number of phenolic OH excluding ortho intramolecular Hbond substituents is 1. The Morgan fingerprint density at radius 1 is 1.31 bits per heavy atom. The molecule has 3 N–H and O–H groups in total. The molecule has 1 aromatic rings. The second kappa shape index (κ2) is 6.71. The summed E-state index contributed by atoms with van der Waals surface area (Å²) in [6, 6.07) is 3.83. The van der Waals surface area contributed by atoms with E-state index in [1.54, 1.807) is 6.07 Å². The Bertz CT molecular complexity index is 331. The smallest absolute Gasteiger partial charge is 0.131 e. The van der Waals surface area contributed by atoms with E-state index in [2.05, 4.69) is 13.8 Å². The molecule has 0 aromatic heterocycles. The van der Waals surface area contributed by atoms with Crippen LogP contribution in [0.3, 0.4) is 0 Å². The molecule has 92 valence electrons. The second-order valence-corrected chi connectivity index (χ2v) is 4.28. The first-order valence-electron chi connectivity index (χ1n) is 5.24. The molecular weight excluding hydrogens is 229 g/mol. The van der Waals surface area contributed by atoms with Gasteiger partial charge in [0.25, 0.3) is 0 Å². The molecule has 0 bridgehead atoms. The van der Waals surface area contributed by atoms with Crippen molar-refractivity contribution in [2.75, 3.05) is 0 Å². The molecule has 0 aliphatic carbocycles. The highest BCUT2D eigenvalue weighted by Gasteiger charge is 2.12. The van der Waals surface area contributed by atoms with Crippen molar-refractivity contribution in [3.8, 4) is 5.75 Å². The summed E-state index contributed by atoms with van der Waals surface area (Å²) in [7, 11) is 0. The Hall–Kier alpha value is -0.800. The van der Waals surface area contributed by atoms with Gasteiger partial charge >= 0.3 is 0 Å². The molecule has 0 saturated carbocycles. The number of phenols is 1. The van der Waals surface area contributed by atoms with E-state index in [4.69, 9.17) is 10.8 Å². The highest BCUT2D eigenvalue weighted by atomic mass is 35.5. The molecule has 0 amide bonds. The van der Waals surface area contributed by atoms with Crippen LogP contribution in [0, 0.1) is 11.7 Å². The van der Waals surface area contributed by atoms with Crippen molar-refractivity contribution >= 4 is 12.4 Å². The van der Waals surface area contributed by atoms with Crippen LogP contribution in [0.25, 0.3) is 0 Å². The summed E-state index contributed by atoms with van der Waals surface area (Å²) in [6.45, 7) is 4.22. The van der Waals surface area contributed by atoms with Crippen LogP contribution in [0.15, 0.2) is 18.2 Å². The third kappa shape index (κ3) is 4.37. The average molecular weight is 248 g/mol. The van der Waals surface area contributed by atoms with Crippen molar-refractivity contribution in [1.82, 2.24) is 0 Å². The Morgan fingerprint density at radius 3 is 2.44 bits per heavy atom. The third-order valence-electron chi connectivity index (χ3n) is 2.44. The van der Waals surface area contributed by atoms with Crippen molar-refractivity contribution in [2.24, 2.45) is 11.7 Å². The van der Waals surface area contributed by atoms with Crippen molar-refractivity contribution in [3.05, 3.63) is 29.6 Å². The van der Waals surface area contributed by atoms with Gasteiger partial charge in [-0.15, -0.1) is 12.4 Å². The number of hydrogen-bond acceptors (Lipinski definition) is 2. The minimum absolute atomic E-state index is 0. The fourth-order valence-electron chi connectivity index (χ4n) is 1.49. The molecule has 0 spiro atoms. The highest BCUT2D eigenvalue weighted by Crippen LogP contribution is 2.23. The lowest BCUT2D eigenvalue weighted by Gasteiger charge is -2.14.